The second-order valence-corrected chi connectivity index (χ2v) is 16.4. The Bertz CT molecular complexity index is 2110. The number of rotatable bonds is 13. The second-order valence-electron chi connectivity index (χ2n) is 16.4. The Labute approximate surface area is 345 Å². The number of nitrogens with zero attached hydrogens (tertiary/aromatic N) is 1. The summed E-state index contributed by atoms with van der Waals surface area (Å²) in [7, 11) is 0. The van der Waals surface area contributed by atoms with E-state index in [1.54, 1.807) is 38.1 Å². The molecule has 5 aliphatic rings. The number of benzene rings is 3. The first-order valence-electron chi connectivity index (χ1n) is 19.9. The van der Waals surface area contributed by atoms with E-state index < -0.39 is 95.0 Å². The lowest BCUT2D eigenvalue weighted by Gasteiger charge is -2.49. The number of cyclic esters (lactones) is 1. The molecule has 16 nitrogen and oxygen atoms in total. The lowest BCUT2D eigenvalue weighted by Crippen LogP contribution is -2.71. The number of ether oxygens (including phenoxy) is 5. The van der Waals surface area contributed by atoms with Crippen LogP contribution in [-0.4, -0.2) is 113 Å². The fourth-order valence-corrected chi connectivity index (χ4v) is 8.83. The number of hydrogen-bond acceptors (Lipinski definition) is 14. The van der Waals surface area contributed by atoms with E-state index in [2.05, 4.69) is 10.6 Å². The van der Waals surface area contributed by atoms with Gasteiger partial charge >= 0.3 is 17.9 Å². The van der Waals surface area contributed by atoms with Crippen LogP contribution in [0.25, 0.3) is 6.08 Å². The molecule has 4 aliphatic heterocycles. The minimum atomic E-state index is -1.69. The number of hydroxylamine groups is 2. The molecule has 0 unspecified atom stereocenters. The molecule has 316 valence electrons. The average Bonchev–Trinajstić information content (AvgIpc) is 3.90. The molecule has 0 radical (unpaired) electrons. The number of hydrogen-bond donors (Lipinski definition) is 4. The van der Waals surface area contributed by atoms with E-state index in [0.717, 1.165) is 0 Å². The normalized spacial score (nSPS) is 29.6. The number of fused-ring (bicyclic) bond motifs is 4. The van der Waals surface area contributed by atoms with Gasteiger partial charge in [-0.05, 0) is 24.1 Å². The van der Waals surface area contributed by atoms with Crippen molar-refractivity contribution in [1.29, 1.82) is 0 Å². The van der Waals surface area contributed by atoms with Crippen molar-refractivity contribution in [3.8, 4) is 0 Å². The number of carbonyl (C=O) groups is 5. The molecular weight excluding hydrogens is 778 g/mol. The van der Waals surface area contributed by atoms with Crippen LogP contribution in [0, 0.1) is 10.8 Å². The van der Waals surface area contributed by atoms with E-state index in [9.17, 15) is 34.2 Å². The Morgan fingerprint density at radius 1 is 0.933 bits per heavy atom. The van der Waals surface area contributed by atoms with Crippen LogP contribution in [-0.2, 0) is 64.8 Å². The van der Waals surface area contributed by atoms with Gasteiger partial charge < -0.3 is 44.5 Å². The van der Waals surface area contributed by atoms with Gasteiger partial charge in [-0.2, -0.15) is 5.06 Å². The van der Waals surface area contributed by atoms with Crippen molar-refractivity contribution < 1.29 is 62.7 Å². The van der Waals surface area contributed by atoms with E-state index in [4.69, 9.17) is 28.5 Å². The van der Waals surface area contributed by atoms with Crippen LogP contribution in [0.15, 0.2) is 91.0 Å². The van der Waals surface area contributed by atoms with Crippen LogP contribution < -0.4 is 10.6 Å². The summed E-state index contributed by atoms with van der Waals surface area (Å²) in [5.74, 6) is -4.97. The first kappa shape index (κ1) is 41.3. The van der Waals surface area contributed by atoms with Gasteiger partial charge in [-0.3, -0.25) is 19.2 Å². The van der Waals surface area contributed by atoms with E-state index in [1.165, 1.54) is 24.1 Å². The van der Waals surface area contributed by atoms with Gasteiger partial charge in [-0.15, -0.1) is 0 Å². The zero-order valence-corrected chi connectivity index (χ0v) is 33.2. The summed E-state index contributed by atoms with van der Waals surface area (Å²) in [6.07, 6.45) is -3.63. The summed E-state index contributed by atoms with van der Waals surface area (Å²) < 4.78 is 30.4. The minimum Gasteiger partial charge on any atom is -0.462 e. The van der Waals surface area contributed by atoms with Crippen molar-refractivity contribution >= 4 is 35.8 Å². The fourth-order valence-electron chi connectivity index (χ4n) is 8.83. The summed E-state index contributed by atoms with van der Waals surface area (Å²) in [6, 6.07) is 22.8. The topological polar surface area (TPSA) is 208 Å². The van der Waals surface area contributed by atoms with Crippen LogP contribution in [0.2, 0.25) is 0 Å². The molecular formula is C44H47N3O13. The summed E-state index contributed by atoms with van der Waals surface area (Å²) >= 11 is 0. The molecule has 0 aromatic heterocycles. The summed E-state index contributed by atoms with van der Waals surface area (Å²) in [5, 5.41) is 26.6. The number of nitrogens with one attached hydrogen (secondary N) is 2. The molecule has 4 N–H and O–H groups in total. The Morgan fingerprint density at radius 3 is 2.18 bits per heavy atom. The molecule has 4 heterocycles. The third-order valence-corrected chi connectivity index (χ3v) is 11.8. The van der Waals surface area contributed by atoms with Crippen molar-refractivity contribution in [1.82, 2.24) is 15.7 Å². The molecule has 0 spiro atoms. The second kappa shape index (κ2) is 16.2. The zero-order valence-electron chi connectivity index (χ0n) is 33.2. The lowest BCUT2D eigenvalue weighted by atomic mass is 9.62. The number of amides is 2. The Morgan fingerprint density at radius 2 is 1.58 bits per heavy atom. The number of aliphatic hydroxyl groups excluding tert-OH is 2. The number of aliphatic hydroxyl groups is 2. The molecule has 8 rings (SSSR count). The van der Waals surface area contributed by atoms with Gasteiger partial charge in [0.1, 0.15) is 42.5 Å². The highest BCUT2D eigenvalue weighted by Gasteiger charge is 2.76. The highest BCUT2D eigenvalue weighted by Crippen LogP contribution is 2.59. The summed E-state index contributed by atoms with van der Waals surface area (Å²) in [6.45, 7) is 4.58. The Balaban J connectivity index is 1.11. The van der Waals surface area contributed by atoms with Gasteiger partial charge in [-0.1, -0.05) is 98.8 Å². The molecule has 9 atom stereocenters. The molecule has 5 fully saturated rings. The standard InChI is InChI=1S/C44H47N3O13/c1-25(49)32(38(51)45-20-21-48)46-41(54)43-22-30-33-34(59-44(58-33,28-10-6-4-7-11-28)29-12-8-5-9-13-29)36(43)60-47(35(43)39(52)56-30)23-27-16-14-26(15-17-27)18-19-31(50)57-37-40(53)55-24-42(37,2)3/h4-19,25,30,32-37,48-49H,20-24H2,1-3H3,(H,45,51)(H,46,54)/t25-,30+,32+,33-,34-,35-,36+,37-,43-/m0/s1. The van der Waals surface area contributed by atoms with Crippen LogP contribution in [0.4, 0.5) is 0 Å². The zero-order chi connectivity index (χ0) is 42.4. The molecule has 1 aliphatic carbocycles. The maximum absolute atomic E-state index is 14.9. The van der Waals surface area contributed by atoms with Gasteiger partial charge in [0.05, 0.1) is 19.3 Å². The molecule has 2 amide bonds. The molecule has 60 heavy (non-hydrogen) atoms. The van der Waals surface area contributed by atoms with Gasteiger partial charge in [0, 0.05) is 35.6 Å². The highest BCUT2D eigenvalue weighted by molar-refractivity contribution is 5.96. The Kier molecular flexibility index (Phi) is 11.1. The number of carbonyl (C=O) groups excluding carboxylic acids is 5. The third-order valence-electron chi connectivity index (χ3n) is 11.8. The van der Waals surface area contributed by atoms with Crippen LogP contribution in [0.1, 0.15) is 49.4 Å². The van der Waals surface area contributed by atoms with Crippen molar-refractivity contribution in [2.24, 2.45) is 10.8 Å². The first-order valence-corrected chi connectivity index (χ1v) is 19.9. The van der Waals surface area contributed by atoms with Crippen molar-refractivity contribution in [3.05, 3.63) is 113 Å². The van der Waals surface area contributed by atoms with E-state index in [0.29, 0.717) is 22.3 Å². The minimum absolute atomic E-state index is 0.00154. The average molecular weight is 826 g/mol. The molecule has 3 aromatic carbocycles. The molecule has 2 bridgehead atoms. The van der Waals surface area contributed by atoms with Crippen molar-refractivity contribution in [2.45, 2.75) is 88.2 Å². The lowest BCUT2D eigenvalue weighted by molar-refractivity contribution is -0.213. The number of esters is 3. The van der Waals surface area contributed by atoms with Crippen LogP contribution >= 0.6 is 0 Å². The smallest absolute Gasteiger partial charge is 0.348 e. The van der Waals surface area contributed by atoms with Gasteiger partial charge in [0.25, 0.3) is 0 Å². The van der Waals surface area contributed by atoms with Crippen molar-refractivity contribution in [2.75, 3.05) is 19.8 Å². The third kappa shape index (κ3) is 7.26. The highest BCUT2D eigenvalue weighted by atomic mass is 16.8. The maximum Gasteiger partial charge on any atom is 0.348 e. The van der Waals surface area contributed by atoms with Gasteiger partial charge in [-0.25, -0.2) is 9.59 Å². The quantitative estimate of drug-likeness (QED) is 0.110. The van der Waals surface area contributed by atoms with E-state index >= 15 is 0 Å². The predicted molar refractivity (Wildman–Crippen MR) is 208 cm³/mol. The predicted octanol–water partition coefficient (Wildman–Crippen LogP) is 1.65. The summed E-state index contributed by atoms with van der Waals surface area (Å²) in [4.78, 5) is 73.8. The van der Waals surface area contributed by atoms with Crippen molar-refractivity contribution in [3.63, 3.8) is 0 Å². The molecule has 3 aromatic rings. The van der Waals surface area contributed by atoms with E-state index in [1.807, 2.05) is 60.7 Å². The Hall–Kier alpha value is -5.49. The summed E-state index contributed by atoms with van der Waals surface area (Å²) in [5.41, 5.74) is 0.291. The maximum atomic E-state index is 14.9. The van der Waals surface area contributed by atoms with E-state index in [-0.39, 0.29) is 32.7 Å². The van der Waals surface area contributed by atoms with Crippen LogP contribution in [0.5, 0.6) is 0 Å². The SMILES string of the molecule is C[C@H](O)[C@@H](NC(=O)[C@@]12C[C@H]3OC(=O)[C@@H]1N(Cc1ccc(C=CC(=O)O[C@H]4C(=O)OCC4(C)C)cc1)O[C@@H]2[C@H]1OC(c2ccccc2)(c2ccccc2)O[C@H]13)C(=O)NCCO. The van der Waals surface area contributed by atoms with Gasteiger partial charge in [0.15, 0.2) is 6.04 Å². The first-order chi connectivity index (χ1) is 28.8. The van der Waals surface area contributed by atoms with Crippen LogP contribution in [0.3, 0.4) is 0 Å². The molecule has 4 saturated heterocycles. The largest absolute Gasteiger partial charge is 0.462 e. The fraction of sp³-hybridized carbons (Fsp3) is 0.432. The van der Waals surface area contributed by atoms with Gasteiger partial charge in [0.2, 0.25) is 23.7 Å². The molecule has 16 heteroatoms. The monoisotopic (exact) mass is 825 g/mol. The molecule has 1 saturated carbocycles.